The van der Waals surface area contributed by atoms with Crippen LogP contribution in [0.5, 0.6) is 0 Å². The second-order valence-corrected chi connectivity index (χ2v) is 4.47. The Morgan fingerprint density at radius 1 is 1.47 bits per heavy atom. The number of ether oxygens (including phenoxy) is 1. The number of alkyl halides is 3. The molecule has 1 saturated carbocycles. The summed E-state index contributed by atoms with van der Waals surface area (Å²) in [6.07, 6.45) is -3.55. The van der Waals surface area contributed by atoms with Gasteiger partial charge in [-0.25, -0.2) is 0 Å². The van der Waals surface area contributed by atoms with Crippen LogP contribution in [0.15, 0.2) is 0 Å². The van der Waals surface area contributed by atoms with Gasteiger partial charge in [-0.2, -0.15) is 13.2 Å². The van der Waals surface area contributed by atoms with Gasteiger partial charge in [-0.1, -0.05) is 0 Å². The number of rotatable bonds is 7. The van der Waals surface area contributed by atoms with Crippen LogP contribution in [-0.2, 0) is 9.53 Å². The predicted octanol–water partition coefficient (Wildman–Crippen LogP) is 1.55. The van der Waals surface area contributed by atoms with Crippen LogP contribution in [0, 0.1) is 0 Å². The van der Waals surface area contributed by atoms with Crippen LogP contribution in [0.4, 0.5) is 13.2 Å². The molecule has 0 aromatic heterocycles. The molecule has 0 amide bonds. The molecule has 1 aliphatic carbocycles. The summed E-state index contributed by atoms with van der Waals surface area (Å²) in [5, 5.41) is 11.9. The van der Waals surface area contributed by atoms with Crippen molar-refractivity contribution in [3.8, 4) is 0 Å². The Balaban J connectivity index is 2.31. The van der Waals surface area contributed by atoms with Gasteiger partial charge in [0.15, 0.2) is 0 Å². The molecular weight excluding hydrogens is 239 g/mol. The number of carboxylic acid groups (broad SMARTS) is 1. The van der Waals surface area contributed by atoms with Gasteiger partial charge in [0.1, 0.15) is 5.54 Å². The third-order valence-corrected chi connectivity index (χ3v) is 2.49. The lowest BCUT2D eigenvalue weighted by Gasteiger charge is -2.26. The summed E-state index contributed by atoms with van der Waals surface area (Å²) >= 11 is 0. The first-order chi connectivity index (χ1) is 7.73. The molecule has 1 aliphatic rings. The van der Waals surface area contributed by atoms with Crippen molar-refractivity contribution in [1.82, 2.24) is 5.32 Å². The minimum Gasteiger partial charge on any atom is -0.480 e. The highest BCUT2D eigenvalue weighted by Crippen LogP contribution is 2.23. The molecule has 100 valence electrons. The summed E-state index contributed by atoms with van der Waals surface area (Å²) in [7, 11) is 0. The van der Waals surface area contributed by atoms with Crippen molar-refractivity contribution >= 4 is 5.97 Å². The average molecular weight is 255 g/mol. The lowest BCUT2D eigenvalue weighted by molar-refractivity contribution is -0.153. The van der Waals surface area contributed by atoms with Crippen LogP contribution < -0.4 is 5.32 Å². The van der Waals surface area contributed by atoms with E-state index in [1.807, 2.05) is 0 Å². The van der Waals surface area contributed by atoms with E-state index in [2.05, 4.69) is 5.32 Å². The number of hydrogen-bond donors (Lipinski definition) is 2. The fourth-order valence-electron chi connectivity index (χ4n) is 1.31. The van der Waals surface area contributed by atoms with Crippen molar-refractivity contribution in [3.63, 3.8) is 0 Å². The Kier molecular flexibility index (Phi) is 4.37. The van der Waals surface area contributed by atoms with Crippen LogP contribution in [-0.4, -0.2) is 42.0 Å². The van der Waals surface area contributed by atoms with E-state index in [-0.39, 0.29) is 12.6 Å². The maximum absolute atomic E-state index is 11.8. The molecule has 0 aromatic rings. The van der Waals surface area contributed by atoms with Gasteiger partial charge in [0.05, 0.1) is 19.6 Å². The van der Waals surface area contributed by atoms with Gasteiger partial charge in [-0.15, -0.1) is 0 Å². The second-order valence-electron chi connectivity index (χ2n) is 4.47. The zero-order valence-corrected chi connectivity index (χ0v) is 9.51. The number of aliphatic carboxylic acids is 1. The Bertz CT molecular complexity index is 278. The van der Waals surface area contributed by atoms with E-state index in [4.69, 9.17) is 9.84 Å². The molecule has 0 aromatic carbocycles. The zero-order chi connectivity index (χ0) is 13.1. The normalized spacial score (nSPS) is 20.0. The first-order valence-corrected chi connectivity index (χ1v) is 5.38. The van der Waals surface area contributed by atoms with E-state index in [1.54, 1.807) is 0 Å². The molecule has 4 nitrogen and oxygen atoms in total. The summed E-state index contributed by atoms with van der Waals surface area (Å²) in [4.78, 5) is 11.0. The number of halogens is 3. The third-order valence-electron chi connectivity index (χ3n) is 2.49. The molecule has 1 atom stereocenters. The van der Waals surface area contributed by atoms with Crippen molar-refractivity contribution in [2.24, 2.45) is 0 Å². The highest BCUT2D eigenvalue weighted by molar-refractivity contribution is 5.78. The number of hydrogen-bond acceptors (Lipinski definition) is 3. The Morgan fingerprint density at radius 3 is 2.47 bits per heavy atom. The van der Waals surface area contributed by atoms with E-state index < -0.39 is 30.7 Å². The minimum atomic E-state index is -4.27. The maximum atomic E-state index is 11.8. The fourth-order valence-corrected chi connectivity index (χ4v) is 1.31. The molecule has 0 radical (unpaired) electrons. The lowest BCUT2D eigenvalue weighted by Crippen LogP contribution is -2.54. The standard InChI is InChI=1S/C10H16F3NO3/c1-9(8(15)16,14-7-2-3-7)6-17-5-4-10(11,12)13/h7,14H,2-6H2,1H3,(H,15,16). The SMILES string of the molecule is CC(COCCC(F)(F)F)(NC1CC1)C(=O)O. The first kappa shape index (κ1) is 14.2. The lowest BCUT2D eigenvalue weighted by atomic mass is 10.0. The molecule has 17 heavy (non-hydrogen) atoms. The molecule has 1 fully saturated rings. The summed E-state index contributed by atoms with van der Waals surface area (Å²) in [5.41, 5.74) is -1.31. The van der Waals surface area contributed by atoms with Crippen molar-refractivity contribution in [2.45, 2.75) is 43.9 Å². The van der Waals surface area contributed by atoms with Crippen molar-refractivity contribution < 1.29 is 27.8 Å². The van der Waals surface area contributed by atoms with Gasteiger partial charge < -0.3 is 9.84 Å². The predicted molar refractivity (Wildman–Crippen MR) is 53.7 cm³/mol. The van der Waals surface area contributed by atoms with Gasteiger partial charge in [0, 0.05) is 6.04 Å². The highest BCUT2D eigenvalue weighted by atomic mass is 19.4. The summed E-state index contributed by atoms with van der Waals surface area (Å²) in [6.45, 7) is 0.634. The zero-order valence-electron chi connectivity index (χ0n) is 9.51. The Hall–Kier alpha value is -0.820. The van der Waals surface area contributed by atoms with Gasteiger partial charge in [-0.05, 0) is 19.8 Å². The number of carbonyl (C=O) groups is 1. The van der Waals surface area contributed by atoms with Crippen molar-refractivity contribution in [1.29, 1.82) is 0 Å². The van der Waals surface area contributed by atoms with Gasteiger partial charge in [0.2, 0.25) is 0 Å². The highest BCUT2D eigenvalue weighted by Gasteiger charge is 2.39. The van der Waals surface area contributed by atoms with Gasteiger partial charge >= 0.3 is 12.1 Å². The summed E-state index contributed by atoms with van der Waals surface area (Å²) in [6, 6.07) is 0.141. The van der Waals surface area contributed by atoms with E-state index in [0.29, 0.717) is 0 Å². The molecule has 0 bridgehead atoms. The van der Waals surface area contributed by atoms with E-state index in [9.17, 15) is 18.0 Å². The molecule has 0 heterocycles. The topological polar surface area (TPSA) is 58.6 Å². The fraction of sp³-hybridized carbons (Fsp3) is 0.900. The van der Waals surface area contributed by atoms with E-state index in [1.165, 1.54) is 6.92 Å². The summed E-state index contributed by atoms with van der Waals surface area (Å²) < 4.78 is 40.3. The molecule has 2 N–H and O–H groups in total. The molecule has 0 spiro atoms. The minimum absolute atomic E-state index is 0.141. The molecular formula is C10H16F3NO3. The van der Waals surface area contributed by atoms with E-state index in [0.717, 1.165) is 12.8 Å². The first-order valence-electron chi connectivity index (χ1n) is 5.38. The maximum Gasteiger partial charge on any atom is 0.391 e. The monoisotopic (exact) mass is 255 g/mol. The van der Waals surface area contributed by atoms with Crippen LogP contribution in [0.2, 0.25) is 0 Å². The molecule has 0 saturated heterocycles. The molecule has 1 unspecified atom stereocenters. The van der Waals surface area contributed by atoms with Crippen LogP contribution >= 0.6 is 0 Å². The van der Waals surface area contributed by atoms with Crippen LogP contribution in [0.3, 0.4) is 0 Å². The second kappa shape index (κ2) is 5.22. The number of carboxylic acids is 1. The quantitative estimate of drug-likeness (QED) is 0.678. The van der Waals surface area contributed by atoms with Gasteiger partial charge in [0.25, 0.3) is 0 Å². The van der Waals surface area contributed by atoms with Gasteiger partial charge in [-0.3, -0.25) is 10.1 Å². The summed E-state index contributed by atoms with van der Waals surface area (Å²) in [5.74, 6) is -1.11. The van der Waals surface area contributed by atoms with E-state index >= 15 is 0 Å². The van der Waals surface area contributed by atoms with Crippen molar-refractivity contribution in [2.75, 3.05) is 13.2 Å². The smallest absolute Gasteiger partial charge is 0.391 e. The van der Waals surface area contributed by atoms with Crippen LogP contribution in [0.1, 0.15) is 26.2 Å². The van der Waals surface area contributed by atoms with Crippen molar-refractivity contribution in [3.05, 3.63) is 0 Å². The third kappa shape index (κ3) is 5.36. The molecule has 7 heteroatoms. The van der Waals surface area contributed by atoms with Crippen LogP contribution in [0.25, 0.3) is 0 Å². The molecule has 0 aliphatic heterocycles. The molecule has 1 rings (SSSR count). The largest absolute Gasteiger partial charge is 0.480 e. The Labute approximate surface area is 97.1 Å². The average Bonchev–Trinajstić information content (AvgIpc) is 2.94. The Morgan fingerprint density at radius 2 is 2.06 bits per heavy atom. The number of nitrogens with one attached hydrogen (secondary N) is 1.